The molecule has 60 valence electrons. The number of nitrogens with one attached hydrogen (secondary N) is 1. The summed E-state index contributed by atoms with van der Waals surface area (Å²) in [5, 5.41) is 3.22. The highest BCUT2D eigenvalue weighted by Crippen LogP contribution is 2.18. The van der Waals surface area contributed by atoms with E-state index in [0.29, 0.717) is 11.6 Å². The first-order valence-corrected chi connectivity index (χ1v) is 4.03. The fraction of sp³-hybridized carbons (Fsp3) is 0.300. The van der Waals surface area contributed by atoms with Crippen LogP contribution in [-0.4, -0.2) is 18.1 Å². The van der Waals surface area contributed by atoms with Gasteiger partial charge in [-0.1, -0.05) is 12.0 Å². The molecular formula is C10H10N2. The van der Waals surface area contributed by atoms with Crippen molar-refractivity contribution < 1.29 is 0 Å². The van der Waals surface area contributed by atoms with Crippen molar-refractivity contribution in [3.05, 3.63) is 29.6 Å². The van der Waals surface area contributed by atoms with Gasteiger partial charge in [-0.25, -0.2) is 4.98 Å². The number of hydrogen-bond acceptors (Lipinski definition) is 2. The minimum atomic E-state index is 0.643. The first-order valence-electron chi connectivity index (χ1n) is 4.03. The molecule has 0 aliphatic carbocycles. The van der Waals surface area contributed by atoms with Crippen molar-refractivity contribution in [2.24, 2.45) is 0 Å². The lowest BCUT2D eigenvalue weighted by atomic mass is 9.95. The van der Waals surface area contributed by atoms with Gasteiger partial charge < -0.3 is 5.32 Å². The average Bonchev–Trinajstić information content (AvgIpc) is 2.03. The summed E-state index contributed by atoms with van der Waals surface area (Å²) < 4.78 is 0. The molecule has 1 saturated heterocycles. The molecule has 0 radical (unpaired) electrons. The maximum atomic E-state index is 5.20. The lowest BCUT2D eigenvalue weighted by Crippen LogP contribution is -2.39. The van der Waals surface area contributed by atoms with E-state index in [-0.39, 0.29) is 0 Å². The van der Waals surface area contributed by atoms with E-state index in [2.05, 4.69) is 22.3 Å². The lowest BCUT2D eigenvalue weighted by Gasteiger charge is -2.26. The third-order valence-corrected chi connectivity index (χ3v) is 2.19. The third kappa shape index (κ3) is 1.19. The highest BCUT2D eigenvalue weighted by Gasteiger charge is 2.18. The second-order valence-corrected chi connectivity index (χ2v) is 2.98. The zero-order valence-electron chi connectivity index (χ0n) is 6.75. The van der Waals surface area contributed by atoms with Crippen molar-refractivity contribution in [2.45, 2.75) is 5.92 Å². The zero-order chi connectivity index (χ0) is 8.39. The van der Waals surface area contributed by atoms with Crippen LogP contribution < -0.4 is 5.32 Å². The Kier molecular flexibility index (Phi) is 1.81. The SMILES string of the molecule is C#Cc1ccc(C2CNC2)cn1. The van der Waals surface area contributed by atoms with Crippen LogP contribution >= 0.6 is 0 Å². The van der Waals surface area contributed by atoms with Crippen molar-refractivity contribution in [1.29, 1.82) is 0 Å². The van der Waals surface area contributed by atoms with E-state index < -0.39 is 0 Å². The minimum Gasteiger partial charge on any atom is -0.315 e. The van der Waals surface area contributed by atoms with Crippen LogP contribution in [0.15, 0.2) is 18.3 Å². The smallest absolute Gasteiger partial charge is 0.112 e. The molecule has 2 rings (SSSR count). The molecule has 1 aromatic heterocycles. The lowest BCUT2D eigenvalue weighted by molar-refractivity contribution is 0.447. The molecule has 0 bridgehead atoms. The molecule has 1 fully saturated rings. The Hall–Kier alpha value is -1.33. The standard InChI is InChI=1S/C10H10N2/c1-2-10-4-3-8(7-12-10)9-5-11-6-9/h1,3-4,7,9,11H,5-6H2. The summed E-state index contributed by atoms with van der Waals surface area (Å²) in [6.07, 6.45) is 7.07. The molecular weight excluding hydrogens is 148 g/mol. The highest BCUT2D eigenvalue weighted by molar-refractivity contribution is 5.28. The summed E-state index contributed by atoms with van der Waals surface area (Å²) in [5.74, 6) is 3.15. The Labute approximate surface area is 72.0 Å². The van der Waals surface area contributed by atoms with Crippen LogP contribution in [0.3, 0.4) is 0 Å². The first-order chi connectivity index (χ1) is 5.90. The quantitative estimate of drug-likeness (QED) is 0.610. The van der Waals surface area contributed by atoms with Gasteiger partial charge in [0.1, 0.15) is 5.69 Å². The Morgan fingerprint density at radius 1 is 1.50 bits per heavy atom. The molecule has 0 unspecified atom stereocenters. The highest BCUT2D eigenvalue weighted by atomic mass is 14.9. The Balaban J connectivity index is 2.19. The van der Waals surface area contributed by atoms with Gasteiger partial charge in [0.25, 0.3) is 0 Å². The molecule has 0 aromatic carbocycles. The van der Waals surface area contributed by atoms with E-state index >= 15 is 0 Å². The zero-order valence-corrected chi connectivity index (χ0v) is 6.75. The van der Waals surface area contributed by atoms with Crippen LogP contribution in [0.25, 0.3) is 0 Å². The van der Waals surface area contributed by atoms with Gasteiger partial charge in [0.05, 0.1) is 0 Å². The fourth-order valence-electron chi connectivity index (χ4n) is 1.26. The van der Waals surface area contributed by atoms with Crippen molar-refractivity contribution in [2.75, 3.05) is 13.1 Å². The van der Waals surface area contributed by atoms with Crippen LogP contribution in [0.5, 0.6) is 0 Å². The van der Waals surface area contributed by atoms with E-state index in [1.54, 1.807) is 0 Å². The fourth-order valence-corrected chi connectivity index (χ4v) is 1.26. The van der Waals surface area contributed by atoms with E-state index in [1.165, 1.54) is 5.56 Å². The van der Waals surface area contributed by atoms with Gasteiger partial charge in [0, 0.05) is 25.2 Å². The predicted octanol–water partition coefficient (Wildman–Crippen LogP) is 0.750. The van der Waals surface area contributed by atoms with Gasteiger partial charge in [-0.3, -0.25) is 0 Å². The van der Waals surface area contributed by atoms with Gasteiger partial charge in [-0.05, 0) is 11.6 Å². The summed E-state index contributed by atoms with van der Waals surface area (Å²) in [5.41, 5.74) is 2.00. The Morgan fingerprint density at radius 3 is 2.75 bits per heavy atom. The summed E-state index contributed by atoms with van der Waals surface area (Å²) in [7, 11) is 0. The predicted molar refractivity (Wildman–Crippen MR) is 47.8 cm³/mol. The van der Waals surface area contributed by atoms with Crippen molar-refractivity contribution >= 4 is 0 Å². The first kappa shape index (κ1) is 7.33. The molecule has 0 spiro atoms. The average molecular weight is 158 g/mol. The third-order valence-electron chi connectivity index (χ3n) is 2.19. The van der Waals surface area contributed by atoms with Crippen LogP contribution in [0.1, 0.15) is 17.2 Å². The van der Waals surface area contributed by atoms with Crippen molar-refractivity contribution in [3.8, 4) is 12.3 Å². The van der Waals surface area contributed by atoms with Crippen LogP contribution in [0.2, 0.25) is 0 Å². The summed E-state index contributed by atoms with van der Waals surface area (Å²) in [6.45, 7) is 2.13. The second-order valence-electron chi connectivity index (χ2n) is 2.98. The Bertz CT molecular complexity index is 304. The van der Waals surface area contributed by atoms with Gasteiger partial charge in [-0.15, -0.1) is 6.42 Å². The molecule has 2 heteroatoms. The van der Waals surface area contributed by atoms with Crippen LogP contribution in [0, 0.1) is 12.3 Å². The summed E-state index contributed by atoms with van der Waals surface area (Å²) in [6, 6.07) is 3.96. The van der Waals surface area contributed by atoms with Gasteiger partial charge in [0.15, 0.2) is 0 Å². The molecule has 2 heterocycles. The number of nitrogens with zero attached hydrogens (tertiary/aromatic N) is 1. The van der Waals surface area contributed by atoms with Gasteiger partial charge in [-0.2, -0.15) is 0 Å². The number of hydrogen-bond donors (Lipinski definition) is 1. The van der Waals surface area contributed by atoms with Crippen molar-refractivity contribution in [3.63, 3.8) is 0 Å². The molecule has 0 amide bonds. The topological polar surface area (TPSA) is 24.9 Å². The number of rotatable bonds is 1. The summed E-state index contributed by atoms with van der Waals surface area (Å²) >= 11 is 0. The normalized spacial score (nSPS) is 16.6. The molecule has 2 nitrogen and oxygen atoms in total. The maximum Gasteiger partial charge on any atom is 0.112 e. The van der Waals surface area contributed by atoms with Crippen LogP contribution in [-0.2, 0) is 0 Å². The van der Waals surface area contributed by atoms with Crippen LogP contribution in [0.4, 0.5) is 0 Å². The molecule has 1 aliphatic rings. The van der Waals surface area contributed by atoms with Crippen molar-refractivity contribution in [1.82, 2.24) is 10.3 Å². The maximum absolute atomic E-state index is 5.20. The van der Waals surface area contributed by atoms with Gasteiger partial charge in [0.2, 0.25) is 0 Å². The van der Waals surface area contributed by atoms with E-state index in [1.807, 2.05) is 12.3 Å². The second kappa shape index (κ2) is 2.96. The molecule has 1 aromatic rings. The summed E-state index contributed by atoms with van der Waals surface area (Å²) in [4.78, 5) is 4.14. The van der Waals surface area contributed by atoms with E-state index in [4.69, 9.17) is 6.42 Å². The molecule has 1 aliphatic heterocycles. The monoisotopic (exact) mass is 158 g/mol. The van der Waals surface area contributed by atoms with E-state index in [0.717, 1.165) is 13.1 Å². The molecule has 0 atom stereocenters. The Morgan fingerprint density at radius 2 is 2.33 bits per heavy atom. The number of aromatic nitrogens is 1. The minimum absolute atomic E-state index is 0.643. The van der Waals surface area contributed by atoms with Gasteiger partial charge >= 0.3 is 0 Å². The molecule has 0 saturated carbocycles. The number of pyridine rings is 1. The van der Waals surface area contributed by atoms with E-state index in [9.17, 15) is 0 Å². The number of terminal acetylenes is 1. The largest absolute Gasteiger partial charge is 0.315 e. The molecule has 1 N–H and O–H groups in total. The molecule has 12 heavy (non-hydrogen) atoms.